The number of likely N-dealkylation sites (tertiary alicyclic amines) is 1. The van der Waals surface area contributed by atoms with Gasteiger partial charge in [0, 0.05) is 26.0 Å². The van der Waals surface area contributed by atoms with Crippen LogP contribution in [-0.2, 0) is 6.54 Å². The molecular formula is C15H19N5O. The lowest BCUT2D eigenvalue weighted by molar-refractivity contribution is 0.0960. The Kier molecular flexibility index (Phi) is 3.96. The fourth-order valence-electron chi connectivity index (χ4n) is 2.93. The number of aromatic nitrogens is 3. The molecule has 1 fully saturated rings. The van der Waals surface area contributed by atoms with Crippen molar-refractivity contribution in [3.8, 4) is 0 Å². The summed E-state index contributed by atoms with van der Waals surface area (Å²) in [5.74, 6) is -0.0908. The molecule has 1 unspecified atom stereocenters. The zero-order valence-corrected chi connectivity index (χ0v) is 12.0. The van der Waals surface area contributed by atoms with Crippen LogP contribution in [0.5, 0.6) is 0 Å². The van der Waals surface area contributed by atoms with E-state index in [1.165, 1.54) is 5.56 Å². The van der Waals surface area contributed by atoms with Crippen LogP contribution in [-0.4, -0.2) is 39.6 Å². The first-order chi connectivity index (χ1) is 10.3. The monoisotopic (exact) mass is 285 g/mol. The van der Waals surface area contributed by atoms with Gasteiger partial charge in [-0.1, -0.05) is 6.07 Å². The minimum atomic E-state index is -0.0908. The maximum atomic E-state index is 11.9. The first kappa shape index (κ1) is 13.8. The molecule has 110 valence electrons. The minimum Gasteiger partial charge on any atom is -0.355 e. The summed E-state index contributed by atoms with van der Waals surface area (Å²) in [6.45, 7) is 1.86. The summed E-state index contributed by atoms with van der Waals surface area (Å²) < 4.78 is 0. The second-order valence-electron chi connectivity index (χ2n) is 5.27. The van der Waals surface area contributed by atoms with Gasteiger partial charge in [-0.15, -0.1) is 0 Å². The van der Waals surface area contributed by atoms with E-state index in [1.54, 1.807) is 19.4 Å². The summed E-state index contributed by atoms with van der Waals surface area (Å²) in [7, 11) is 1.64. The summed E-state index contributed by atoms with van der Waals surface area (Å²) in [6, 6.07) is 4.24. The molecule has 2 N–H and O–H groups in total. The predicted molar refractivity (Wildman–Crippen MR) is 78.6 cm³/mol. The maximum absolute atomic E-state index is 11.9. The third-order valence-electron chi connectivity index (χ3n) is 3.95. The topological polar surface area (TPSA) is 73.9 Å². The average molecular weight is 285 g/mol. The summed E-state index contributed by atoms with van der Waals surface area (Å²) in [5, 5.41) is 9.73. The van der Waals surface area contributed by atoms with E-state index in [4.69, 9.17) is 0 Å². The van der Waals surface area contributed by atoms with Crippen LogP contribution in [0.3, 0.4) is 0 Å². The maximum Gasteiger partial charge on any atom is 0.254 e. The van der Waals surface area contributed by atoms with E-state index in [0.29, 0.717) is 5.56 Å². The van der Waals surface area contributed by atoms with E-state index in [0.717, 1.165) is 31.6 Å². The molecule has 1 amide bonds. The Labute approximate surface area is 123 Å². The Morgan fingerprint density at radius 1 is 1.52 bits per heavy atom. The molecule has 0 radical (unpaired) electrons. The largest absolute Gasteiger partial charge is 0.355 e. The van der Waals surface area contributed by atoms with Gasteiger partial charge in [-0.2, -0.15) is 5.10 Å². The van der Waals surface area contributed by atoms with Gasteiger partial charge in [-0.3, -0.25) is 19.8 Å². The van der Waals surface area contributed by atoms with E-state index in [9.17, 15) is 4.79 Å². The smallest absolute Gasteiger partial charge is 0.254 e. The van der Waals surface area contributed by atoms with Crippen LogP contribution < -0.4 is 5.32 Å². The quantitative estimate of drug-likeness (QED) is 0.893. The Bertz CT molecular complexity index is 610. The second kappa shape index (κ2) is 6.05. The van der Waals surface area contributed by atoms with Crippen molar-refractivity contribution in [1.29, 1.82) is 0 Å². The molecule has 1 atom stereocenters. The molecule has 0 aromatic carbocycles. The van der Waals surface area contributed by atoms with Gasteiger partial charge in [0.15, 0.2) is 0 Å². The van der Waals surface area contributed by atoms with Gasteiger partial charge in [-0.05, 0) is 31.0 Å². The number of hydrogen-bond donors (Lipinski definition) is 2. The first-order valence-electron chi connectivity index (χ1n) is 7.18. The highest BCUT2D eigenvalue weighted by Crippen LogP contribution is 2.33. The van der Waals surface area contributed by atoms with Gasteiger partial charge >= 0.3 is 0 Å². The number of nitrogens with one attached hydrogen (secondary N) is 2. The highest BCUT2D eigenvalue weighted by Gasteiger charge is 2.30. The predicted octanol–water partition coefficient (Wildman–Crippen LogP) is 1.50. The summed E-state index contributed by atoms with van der Waals surface area (Å²) in [4.78, 5) is 18.5. The molecule has 1 saturated heterocycles. The van der Waals surface area contributed by atoms with Crippen LogP contribution >= 0.6 is 0 Å². The van der Waals surface area contributed by atoms with Crippen molar-refractivity contribution in [2.75, 3.05) is 13.6 Å². The molecule has 2 aromatic heterocycles. The number of amides is 1. The van der Waals surface area contributed by atoms with Gasteiger partial charge in [0.25, 0.3) is 5.91 Å². The molecule has 21 heavy (non-hydrogen) atoms. The molecule has 6 nitrogen and oxygen atoms in total. The number of pyridine rings is 1. The van der Waals surface area contributed by atoms with Crippen LogP contribution in [0, 0.1) is 0 Å². The number of hydrogen-bond acceptors (Lipinski definition) is 4. The van der Waals surface area contributed by atoms with E-state index in [-0.39, 0.29) is 11.9 Å². The number of carbonyl (C=O) groups is 1. The van der Waals surface area contributed by atoms with Gasteiger partial charge in [0.05, 0.1) is 23.5 Å². The van der Waals surface area contributed by atoms with Crippen LogP contribution in [0.4, 0.5) is 0 Å². The van der Waals surface area contributed by atoms with Crippen molar-refractivity contribution in [2.24, 2.45) is 0 Å². The molecule has 0 bridgehead atoms. The van der Waals surface area contributed by atoms with Crippen molar-refractivity contribution >= 4 is 5.91 Å². The van der Waals surface area contributed by atoms with Gasteiger partial charge in [0.1, 0.15) is 0 Å². The van der Waals surface area contributed by atoms with Crippen molar-refractivity contribution in [2.45, 2.75) is 25.4 Å². The lowest BCUT2D eigenvalue weighted by Gasteiger charge is -2.24. The lowest BCUT2D eigenvalue weighted by Crippen LogP contribution is -2.26. The molecule has 3 heterocycles. The first-order valence-corrected chi connectivity index (χ1v) is 7.18. The molecule has 1 aliphatic rings. The van der Waals surface area contributed by atoms with Gasteiger partial charge in [0.2, 0.25) is 0 Å². The van der Waals surface area contributed by atoms with Crippen LogP contribution in [0.15, 0.2) is 30.7 Å². The molecule has 3 rings (SSSR count). The summed E-state index contributed by atoms with van der Waals surface area (Å²) in [6.07, 6.45) is 7.43. The molecular weight excluding hydrogens is 266 g/mol. The van der Waals surface area contributed by atoms with Crippen molar-refractivity contribution in [3.05, 3.63) is 47.5 Å². The Balaban J connectivity index is 1.81. The van der Waals surface area contributed by atoms with Gasteiger partial charge in [-0.25, -0.2) is 0 Å². The zero-order valence-electron chi connectivity index (χ0n) is 12.0. The molecule has 6 heteroatoms. The third kappa shape index (κ3) is 2.80. The Morgan fingerprint density at radius 3 is 3.19 bits per heavy atom. The lowest BCUT2D eigenvalue weighted by atomic mass is 10.1. The number of H-pyrrole nitrogens is 1. The van der Waals surface area contributed by atoms with E-state index in [2.05, 4.69) is 31.5 Å². The minimum absolute atomic E-state index is 0.0908. The number of nitrogens with zero attached hydrogens (tertiary/aromatic N) is 3. The van der Waals surface area contributed by atoms with E-state index >= 15 is 0 Å². The molecule has 0 saturated carbocycles. The summed E-state index contributed by atoms with van der Waals surface area (Å²) >= 11 is 0. The number of rotatable bonds is 4. The number of aromatic amines is 1. The fraction of sp³-hybridized carbons (Fsp3) is 0.400. The molecule has 2 aromatic rings. The van der Waals surface area contributed by atoms with Crippen molar-refractivity contribution < 1.29 is 4.79 Å². The normalized spacial score (nSPS) is 18.8. The number of carbonyl (C=O) groups excluding carboxylic acids is 1. The van der Waals surface area contributed by atoms with E-state index in [1.807, 2.05) is 12.3 Å². The molecule has 1 aliphatic heterocycles. The van der Waals surface area contributed by atoms with Crippen LogP contribution in [0.1, 0.15) is 40.5 Å². The standard InChI is InChI=1S/C15H19N5O/c1-16-15(21)12-9-18-19-14(12)13-5-3-7-20(13)10-11-4-2-6-17-8-11/h2,4,6,8-9,13H,3,5,7,10H2,1H3,(H,16,21)(H,18,19). The van der Waals surface area contributed by atoms with Gasteiger partial charge < -0.3 is 5.32 Å². The Morgan fingerprint density at radius 2 is 2.43 bits per heavy atom. The highest BCUT2D eigenvalue weighted by molar-refractivity contribution is 5.95. The Hall–Kier alpha value is -2.21. The SMILES string of the molecule is CNC(=O)c1cn[nH]c1C1CCCN1Cc1cccnc1. The molecule has 0 spiro atoms. The average Bonchev–Trinajstić information content (AvgIpc) is 3.16. The van der Waals surface area contributed by atoms with E-state index < -0.39 is 0 Å². The summed E-state index contributed by atoms with van der Waals surface area (Å²) in [5.41, 5.74) is 2.74. The fourth-order valence-corrected chi connectivity index (χ4v) is 2.93. The zero-order chi connectivity index (χ0) is 14.7. The second-order valence-corrected chi connectivity index (χ2v) is 5.27. The van der Waals surface area contributed by atoms with Crippen molar-refractivity contribution in [1.82, 2.24) is 25.4 Å². The van der Waals surface area contributed by atoms with Crippen LogP contribution in [0.25, 0.3) is 0 Å². The van der Waals surface area contributed by atoms with Crippen LogP contribution in [0.2, 0.25) is 0 Å². The molecule has 0 aliphatic carbocycles. The highest BCUT2D eigenvalue weighted by atomic mass is 16.1. The van der Waals surface area contributed by atoms with Crippen molar-refractivity contribution in [3.63, 3.8) is 0 Å². The third-order valence-corrected chi connectivity index (χ3v) is 3.95.